The smallest absolute Gasteiger partial charge is 0.0746 e. The highest BCUT2D eigenvalue weighted by atomic mass is 15.2. The SMILES string of the molecule is c1cc(-c2ccc(C3CCCCC3)c3ccccc23)cc(N(c2ccccc2C2CC3CCC2C3)c2cccc3c2C2(c4ccccc4-c4ccccc42)c2ccccc2-3)c1. The first-order chi connectivity index (χ1) is 30.3. The third-order valence-electron chi connectivity index (χ3n) is 16.0. The van der Waals surface area contributed by atoms with E-state index in [1.54, 1.807) is 5.56 Å². The molecule has 0 radical (unpaired) electrons. The van der Waals surface area contributed by atoms with Crippen LogP contribution in [0, 0.1) is 11.8 Å². The van der Waals surface area contributed by atoms with Crippen molar-refractivity contribution in [3.63, 3.8) is 0 Å². The molecule has 1 nitrogen and oxygen atoms in total. The second-order valence-corrected chi connectivity index (χ2v) is 18.9. The van der Waals surface area contributed by atoms with Gasteiger partial charge in [-0.1, -0.05) is 177 Å². The minimum absolute atomic E-state index is 0.460. The Morgan fingerprint density at radius 3 is 1.77 bits per heavy atom. The Hall–Kier alpha value is -6.18. The molecule has 0 heterocycles. The summed E-state index contributed by atoms with van der Waals surface area (Å²) in [5, 5.41) is 2.79. The van der Waals surface area contributed by atoms with E-state index in [0.717, 1.165) is 11.8 Å². The Bertz CT molecular complexity index is 2950. The number of fused-ring (bicyclic) bond motifs is 13. The van der Waals surface area contributed by atoms with Gasteiger partial charge in [0.25, 0.3) is 0 Å². The van der Waals surface area contributed by atoms with Crippen molar-refractivity contribution < 1.29 is 0 Å². The normalized spacial score (nSPS) is 20.4. The zero-order valence-electron chi connectivity index (χ0n) is 34.9. The molecule has 61 heavy (non-hydrogen) atoms. The molecule has 0 N–H and O–H groups in total. The van der Waals surface area contributed by atoms with E-state index in [-0.39, 0.29) is 0 Å². The molecule has 8 aromatic rings. The molecule has 5 aliphatic rings. The number of hydrogen-bond acceptors (Lipinski definition) is 1. The molecule has 3 unspecified atom stereocenters. The third kappa shape index (κ3) is 5.19. The molecule has 1 heteroatoms. The summed E-state index contributed by atoms with van der Waals surface area (Å²) in [5.74, 6) is 2.85. The molecule has 13 rings (SSSR count). The van der Waals surface area contributed by atoms with Crippen LogP contribution in [0.25, 0.3) is 44.2 Å². The minimum Gasteiger partial charge on any atom is -0.310 e. The predicted octanol–water partition coefficient (Wildman–Crippen LogP) is 16.3. The van der Waals surface area contributed by atoms with E-state index in [1.807, 2.05) is 0 Å². The number of benzene rings is 8. The minimum atomic E-state index is -0.460. The molecular weight excluding hydrogens is 735 g/mol. The summed E-state index contributed by atoms with van der Waals surface area (Å²) in [7, 11) is 0. The molecule has 0 aromatic heterocycles. The van der Waals surface area contributed by atoms with Gasteiger partial charge in [0.2, 0.25) is 0 Å². The summed E-state index contributed by atoms with van der Waals surface area (Å²) >= 11 is 0. The second-order valence-electron chi connectivity index (χ2n) is 18.9. The Kier molecular flexibility index (Phi) is 8.12. The Morgan fingerprint density at radius 1 is 0.426 bits per heavy atom. The maximum atomic E-state index is 2.69. The van der Waals surface area contributed by atoms with E-state index in [0.29, 0.717) is 11.8 Å². The Balaban J connectivity index is 1.07. The van der Waals surface area contributed by atoms with Crippen molar-refractivity contribution in [2.24, 2.45) is 11.8 Å². The summed E-state index contributed by atoms with van der Waals surface area (Å²) in [5.41, 5.74) is 19.9. The molecule has 0 amide bonds. The van der Waals surface area contributed by atoms with Crippen molar-refractivity contribution in [2.45, 2.75) is 75.0 Å². The predicted molar refractivity (Wildman–Crippen MR) is 254 cm³/mol. The number of nitrogens with zero attached hydrogens (tertiary/aromatic N) is 1. The van der Waals surface area contributed by atoms with Crippen LogP contribution >= 0.6 is 0 Å². The topological polar surface area (TPSA) is 3.24 Å². The molecule has 5 aliphatic carbocycles. The van der Waals surface area contributed by atoms with E-state index < -0.39 is 5.41 Å². The van der Waals surface area contributed by atoms with Gasteiger partial charge in [-0.05, 0) is 152 Å². The molecule has 0 aliphatic heterocycles. The molecular formula is C60H51N. The first-order valence-electron chi connectivity index (χ1n) is 23.2. The van der Waals surface area contributed by atoms with Crippen LogP contribution in [0.1, 0.15) is 103 Å². The third-order valence-corrected chi connectivity index (χ3v) is 16.0. The fourth-order valence-corrected chi connectivity index (χ4v) is 13.5. The van der Waals surface area contributed by atoms with Gasteiger partial charge >= 0.3 is 0 Å². The van der Waals surface area contributed by atoms with Crippen molar-refractivity contribution in [3.8, 4) is 33.4 Å². The summed E-state index contributed by atoms with van der Waals surface area (Å²) in [6, 6.07) is 68.1. The Labute approximate surface area is 360 Å². The van der Waals surface area contributed by atoms with Crippen molar-refractivity contribution in [2.75, 3.05) is 4.90 Å². The van der Waals surface area contributed by atoms with Crippen LogP contribution in [0.2, 0.25) is 0 Å². The zero-order valence-corrected chi connectivity index (χ0v) is 34.9. The fraction of sp³-hybridized carbons (Fsp3) is 0.233. The second kappa shape index (κ2) is 13.9. The Morgan fingerprint density at radius 2 is 1.05 bits per heavy atom. The van der Waals surface area contributed by atoms with Crippen molar-refractivity contribution in [3.05, 3.63) is 209 Å². The average Bonchev–Trinajstić information content (AvgIpc) is 4.11. The molecule has 3 saturated carbocycles. The maximum Gasteiger partial charge on any atom is 0.0746 e. The fourth-order valence-electron chi connectivity index (χ4n) is 13.5. The summed E-state index contributed by atoms with van der Waals surface area (Å²) < 4.78 is 0. The van der Waals surface area contributed by atoms with Gasteiger partial charge in [-0.15, -0.1) is 0 Å². The summed E-state index contributed by atoms with van der Waals surface area (Å²) in [6.45, 7) is 0. The largest absolute Gasteiger partial charge is 0.310 e. The van der Waals surface area contributed by atoms with E-state index in [1.165, 1.54) is 147 Å². The van der Waals surface area contributed by atoms with Gasteiger partial charge in [-0.25, -0.2) is 0 Å². The summed E-state index contributed by atoms with van der Waals surface area (Å²) in [6.07, 6.45) is 12.1. The van der Waals surface area contributed by atoms with Gasteiger partial charge in [0.15, 0.2) is 0 Å². The lowest BCUT2D eigenvalue weighted by Crippen LogP contribution is -2.28. The number of hydrogen-bond donors (Lipinski definition) is 0. The van der Waals surface area contributed by atoms with Gasteiger partial charge < -0.3 is 4.90 Å². The molecule has 3 fully saturated rings. The molecule has 3 atom stereocenters. The lowest BCUT2D eigenvalue weighted by atomic mass is 9.70. The lowest BCUT2D eigenvalue weighted by Gasteiger charge is -2.37. The quantitative estimate of drug-likeness (QED) is 0.162. The molecule has 8 aromatic carbocycles. The standard InChI is InChI=1S/C60H51N/c1-2-16-40(17-3-1)44-34-35-45(47-21-5-4-20-46(44)47)41-18-14-19-43(38-41)61(57-30-13-9-25-51(57)53-37-39-32-33-42(53)36-39)58-31-15-26-52-50-24-8-12-29-56(50)60(59(52)58)54-27-10-6-22-48(54)49-23-7-11-28-55(49)60/h4-15,18-31,34-35,38-40,42,53H,1-3,16-17,32-33,36-37H2. The van der Waals surface area contributed by atoms with Crippen LogP contribution in [-0.2, 0) is 5.41 Å². The van der Waals surface area contributed by atoms with E-state index in [2.05, 4.69) is 181 Å². The molecule has 0 saturated heterocycles. The molecule has 1 spiro atoms. The van der Waals surface area contributed by atoms with E-state index in [9.17, 15) is 0 Å². The number of anilines is 3. The van der Waals surface area contributed by atoms with Gasteiger partial charge in [-0.3, -0.25) is 0 Å². The summed E-state index contributed by atoms with van der Waals surface area (Å²) in [4.78, 5) is 2.69. The highest BCUT2D eigenvalue weighted by molar-refractivity contribution is 6.02. The monoisotopic (exact) mass is 785 g/mol. The van der Waals surface area contributed by atoms with E-state index in [4.69, 9.17) is 0 Å². The van der Waals surface area contributed by atoms with Crippen molar-refractivity contribution >= 4 is 27.8 Å². The van der Waals surface area contributed by atoms with Gasteiger partial charge in [0, 0.05) is 16.9 Å². The highest BCUT2D eigenvalue weighted by Gasteiger charge is 2.53. The first kappa shape index (κ1) is 35.6. The van der Waals surface area contributed by atoms with Crippen LogP contribution in [0.5, 0.6) is 0 Å². The van der Waals surface area contributed by atoms with Gasteiger partial charge in [0.1, 0.15) is 0 Å². The van der Waals surface area contributed by atoms with Crippen LogP contribution < -0.4 is 4.90 Å². The first-order valence-corrected chi connectivity index (χ1v) is 23.2. The lowest BCUT2D eigenvalue weighted by molar-refractivity contribution is 0.420. The maximum absolute atomic E-state index is 2.69. The zero-order chi connectivity index (χ0) is 40.1. The van der Waals surface area contributed by atoms with Gasteiger partial charge in [-0.2, -0.15) is 0 Å². The van der Waals surface area contributed by atoms with Crippen molar-refractivity contribution in [1.82, 2.24) is 0 Å². The van der Waals surface area contributed by atoms with Gasteiger partial charge in [0.05, 0.1) is 11.1 Å². The van der Waals surface area contributed by atoms with Crippen LogP contribution in [-0.4, -0.2) is 0 Å². The number of rotatable bonds is 6. The highest BCUT2D eigenvalue weighted by Crippen LogP contribution is 2.66. The van der Waals surface area contributed by atoms with Crippen LogP contribution in [0.3, 0.4) is 0 Å². The van der Waals surface area contributed by atoms with E-state index >= 15 is 0 Å². The molecule has 296 valence electrons. The van der Waals surface area contributed by atoms with Crippen LogP contribution in [0.15, 0.2) is 176 Å². The molecule has 2 bridgehead atoms. The van der Waals surface area contributed by atoms with Crippen LogP contribution in [0.4, 0.5) is 17.1 Å². The van der Waals surface area contributed by atoms with Crippen molar-refractivity contribution in [1.29, 1.82) is 0 Å². The average molecular weight is 786 g/mol. The number of para-hydroxylation sites is 1.